The van der Waals surface area contributed by atoms with E-state index >= 15 is 0 Å². The fourth-order valence-electron chi connectivity index (χ4n) is 4.30. The molecule has 33 heavy (non-hydrogen) atoms. The number of Topliss-reactive ketones (excluding diaryl/α,β-unsaturated/α-hetero) is 1. The van der Waals surface area contributed by atoms with E-state index in [4.69, 9.17) is 4.74 Å². The highest BCUT2D eigenvalue weighted by Crippen LogP contribution is 2.31. The molecule has 3 aromatic heterocycles. The molecular weight excluding hydrogens is 452 g/mol. The third kappa shape index (κ3) is 4.55. The molecule has 0 aliphatic carbocycles. The second-order valence-electron chi connectivity index (χ2n) is 8.20. The first kappa shape index (κ1) is 22.1. The van der Waals surface area contributed by atoms with Gasteiger partial charge in [0.1, 0.15) is 0 Å². The van der Waals surface area contributed by atoms with E-state index in [2.05, 4.69) is 21.7 Å². The Morgan fingerprint density at radius 3 is 2.76 bits per heavy atom. The summed E-state index contributed by atoms with van der Waals surface area (Å²) in [7, 11) is 0. The third-order valence-corrected chi connectivity index (χ3v) is 7.80. The molecule has 1 aromatic carbocycles. The number of aromatic nitrogens is 4. The first-order valence-electron chi connectivity index (χ1n) is 11.1. The van der Waals surface area contributed by atoms with Crippen LogP contribution in [0.1, 0.15) is 34.6 Å². The number of thiophene rings is 1. The van der Waals surface area contributed by atoms with Gasteiger partial charge < -0.3 is 9.30 Å². The van der Waals surface area contributed by atoms with Gasteiger partial charge in [-0.05, 0) is 56.3 Å². The molecule has 6 nitrogen and oxygen atoms in total. The second-order valence-corrected chi connectivity index (χ2v) is 10.1. The van der Waals surface area contributed by atoms with Gasteiger partial charge >= 0.3 is 0 Å². The zero-order valence-corrected chi connectivity index (χ0v) is 20.4. The molecule has 0 N–H and O–H groups in total. The van der Waals surface area contributed by atoms with E-state index in [1.54, 1.807) is 11.3 Å². The average molecular weight is 479 g/mol. The Kier molecular flexibility index (Phi) is 6.48. The normalized spacial score (nSPS) is 15.9. The molecule has 1 saturated heterocycles. The number of hydrogen-bond acceptors (Lipinski definition) is 6. The number of aryl methyl sites for hydroxylation is 1. The summed E-state index contributed by atoms with van der Waals surface area (Å²) < 4.78 is 10.1. The highest BCUT2D eigenvalue weighted by molar-refractivity contribution is 7.99. The molecule has 4 heterocycles. The zero-order chi connectivity index (χ0) is 22.8. The Balaban J connectivity index is 1.37. The second kappa shape index (κ2) is 9.67. The van der Waals surface area contributed by atoms with Gasteiger partial charge in [-0.25, -0.2) is 0 Å². The van der Waals surface area contributed by atoms with Gasteiger partial charge in [-0.2, -0.15) is 0 Å². The van der Waals surface area contributed by atoms with Gasteiger partial charge in [0.2, 0.25) is 0 Å². The third-order valence-electron chi connectivity index (χ3n) is 6.01. The number of ketones is 1. The molecule has 0 spiro atoms. The molecule has 0 unspecified atom stereocenters. The lowest BCUT2D eigenvalue weighted by Gasteiger charge is -2.14. The van der Waals surface area contributed by atoms with Gasteiger partial charge in [-0.3, -0.25) is 9.36 Å². The molecule has 0 saturated carbocycles. The van der Waals surface area contributed by atoms with E-state index in [1.165, 1.54) is 11.8 Å². The molecule has 0 bridgehead atoms. The molecule has 8 heteroatoms. The lowest BCUT2D eigenvalue weighted by atomic mass is 10.2. The Bertz CT molecular complexity index is 1240. The lowest BCUT2D eigenvalue weighted by Crippen LogP contribution is -2.17. The summed E-state index contributed by atoms with van der Waals surface area (Å²) in [6, 6.07) is 16.1. The maximum atomic E-state index is 13.2. The average Bonchev–Trinajstić information content (AvgIpc) is 3.63. The monoisotopic (exact) mass is 478 g/mol. The van der Waals surface area contributed by atoms with Crippen molar-refractivity contribution >= 4 is 28.9 Å². The van der Waals surface area contributed by atoms with Crippen molar-refractivity contribution in [3.05, 3.63) is 70.9 Å². The maximum Gasteiger partial charge on any atom is 0.196 e. The summed E-state index contributed by atoms with van der Waals surface area (Å²) in [5.41, 5.74) is 3.87. The lowest BCUT2D eigenvalue weighted by molar-refractivity contribution is 0.0957. The summed E-state index contributed by atoms with van der Waals surface area (Å²) in [4.78, 5) is 14.2. The van der Waals surface area contributed by atoms with Gasteiger partial charge in [-0.1, -0.05) is 36.0 Å². The minimum absolute atomic E-state index is 0.104. The van der Waals surface area contributed by atoms with Crippen molar-refractivity contribution in [1.82, 2.24) is 19.3 Å². The van der Waals surface area contributed by atoms with E-state index < -0.39 is 0 Å². The minimum atomic E-state index is 0.104. The molecule has 1 aliphatic rings. The smallest absolute Gasteiger partial charge is 0.196 e. The van der Waals surface area contributed by atoms with Crippen LogP contribution in [0.5, 0.6) is 0 Å². The fraction of sp³-hybridized carbons (Fsp3) is 0.320. The summed E-state index contributed by atoms with van der Waals surface area (Å²) >= 11 is 3.06. The Labute approximate surface area is 201 Å². The van der Waals surface area contributed by atoms with Gasteiger partial charge in [0.25, 0.3) is 0 Å². The van der Waals surface area contributed by atoms with Gasteiger partial charge in [0.15, 0.2) is 16.8 Å². The summed E-state index contributed by atoms with van der Waals surface area (Å²) in [6.45, 7) is 5.74. The molecule has 4 aromatic rings. The Morgan fingerprint density at radius 1 is 1.18 bits per heavy atom. The summed E-state index contributed by atoms with van der Waals surface area (Å²) in [6.07, 6.45) is 2.44. The van der Waals surface area contributed by atoms with Crippen LogP contribution in [0.4, 0.5) is 0 Å². The van der Waals surface area contributed by atoms with Crippen LogP contribution in [0, 0.1) is 13.8 Å². The molecule has 1 fully saturated rings. The topological polar surface area (TPSA) is 61.9 Å². The number of para-hydroxylation sites is 1. The number of carbonyl (C=O) groups excluding carboxylic acids is 1. The minimum Gasteiger partial charge on any atom is -0.376 e. The van der Waals surface area contributed by atoms with E-state index in [-0.39, 0.29) is 11.9 Å². The van der Waals surface area contributed by atoms with E-state index in [0.29, 0.717) is 10.9 Å². The largest absolute Gasteiger partial charge is 0.376 e. The molecule has 1 aliphatic heterocycles. The number of carbonyl (C=O) groups is 1. The van der Waals surface area contributed by atoms with Gasteiger partial charge in [0, 0.05) is 35.8 Å². The first-order valence-corrected chi connectivity index (χ1v) is 13.0. The van der Waals surface area contributed by atoms with Crippen LogP contribution in [0.15, 0.2) is 59.1 Å². The van der Waals surface area contributed by atoms with Crippen molar-refractivity contribution in [2.24, 2.45) is 0 Å². The van der Waals surface area contributed by atoms with E-state index in [0.717, 1.165) is 59.3 Å². The highest BCUT2D eigenvalue weighted by Gasteiger charge is 2.22. The predicted molar refractivity (Wildman–Crippen MR) is 133 cm³/mol. The first-order chi connectivity index (χ1) is 16.1. The van der Waals surface area contributed by atoms with Crippen LogP contribution in [0.3, 0.4) is 0 Å². The quantitative estimate of drug-likeness (QED) is 0.245. The van der Waals surface area contributed by atoms with Crippen LogP contribution in [0.2, 0.25) is 0 Å². The molecule has 0 radical (unpaired) electrons. The van der Waals surface area contributed by atoms with Crippen LogP contribution < -0.4 is 0 Å². The number of thioether (sulfide) groups is 1. The Morgan fingerprint density at radius 2 is 2.03 bits per heavy atom. The van der Waals surface area contributed by atoms with Crippen LogP contribution in [-0.2, 0) is 11.3 Å². The molecule has 1 atom stereocenters. The van der Waals surface area contributed by atoms with Crippen molar-refractivity contribution < 1.29 is 9.53 Å². The number of benzene rings is 1. The standard InChI is InChI=1S/C25H26N4O2S2/c1-17-14-21(18(2)28(17)15-20-10-6-12-31-20)22(30)16-33-25-27-26-24(23-11-7-13-32-23)29(25)19-8-4-3-5-9-19/h3-5,7-9,11,13-14,20H,6,10,12,15-16H2,1-2H3/t20-/m1/s1. The van der Waals surface area contributed by atoms with Gasteiger partial charge in [-0.15, -0.1) is 21.5 Å². The predicted octanol–water partition coefficient (Wildman–Crippen LogP) is 5.57. The molecule has 0 amide bonds. The van der Waals surface area contributed by atoms with E-state index in [1.807, 2.05) is 65.4 Å². The number of hydrogen-bond donors (Lipinski definition) is 0. The van der Waals surface area contributed by atoms with Crippen molar-refractivity contribution in [2.45, 2.75) is 44.5 Å². The van der Waals surface area contributed by atoms with Crippen LogP contribution >= 0.6 is 23.1 Å². The van der Waals surface area contributed by atoms with Gasteiger partial charge in [0.05, 0.1) is 16.7 Å². The SMILES string of the molecule is Cc1cc(C(=O)CSc2nnc(-c3cccs3)n2-c2ccccc2)c(C)n1C[C@H]1CCCO1. The van der Waals surface area contributed by atoms with Crippen molar-refractivity contribution in [3.63, 3.8) is 0 Å². The van der Waals surface area contributed by atoms with Crippen molar-refractivity contribution in [2.75, 3.05) is 12.4 Å². The molecule has 5 rings (SSSR count). The molecular formula is C25H26N4O2S2. The number of rotatable bonds is 8. The fourth-order valence-corrected chi connectivity index (χ4v) is 5.84. The highest BCUT2D eigenvalue weighted by atomic mass is 32.2. The molecule has 170 valence electrons. The summed E-state index contributed by atoms with van der Waals surface area (Å²) in [5, 5.41) is 11.6. The zero-order valence-electron chi connectivity index (χ0n) is 18.7. The number of ether oxygens (including phenoxy) is 1. The Hall–Kier alpha value is -2.68. The van der Waals surface area contributed by atoms with Crippen LogP contribution in [-0.4, -0.2) is 43.6 Å². The number of nitrogens with zero attached hydrogens (tertiary/aromatic N) is 4. The van der Waals surface area contributed by atoms with Crippen molar-refractivity contribution in [1.29, 1.82) is 0 Å². The maximum absolute atomic E-state index is 13.2. The summed E-state index contributed by atoms with van der Waals surface area (Å²) in [5.74, 6) is 1.20. The van der Waals surface area contributed by atoms with E-state index in [9.17, 15) is 4.79 Å². The van der Waals surface area contributed by atoms with Crippen molar-refractivity contribution in [3.8, 4) is 16.4 Å². The van der Waals surface area contributed by atoms with Crippen LogP contribution in [0.25, 0.3) is 16.4 Å².